The van der Waals surface area contributed by atoms with Crippen LogP contribution in [-0.4, -0.2) is 21.5 Å². The number of nitro groups is 1. The van der Waals surface area contributed by atoms with E-state index in [-0.39, 0.29) is 0 Å². The van der Waals surface area contributed by atoms with Crippen molar-refractivity contribution in [2.24, 2.45) is 0 Å². The molecule has 0 radical (unpaired) electrons. The number of hydrogen-bond acceptors (Lipinski definition) is 5. The van der Waals surface area contributed by atoms with Crippen LogP contribution in [-0.2, 0) is 0 Å². The van der Waals surface area contributed by atoms with E-state index in [1.165, 1.54) is 0 Å². The first-order valence-corrected chi connectivity index (χ1v) is 4.37. The first-order chi connectivity index (χ1) is 8.13. The topological polar surface area (TPSA) is 102 Å². The molecular weight excluding hydrogens is 285 g/mol. The van der Waals surface area contributed by atoms with Gasteiger partial charge in [0.25, 0.3) is 5.24 Å². The summed E-state index contributed by atoms with van der Waals surface area (Å²) in [5.41, 5.74) is -4.06. The van der Waals surface area contributed by atoms with E-state index in [4.69, 9.17) is 11.6 Å². The van der Waals surface area contributed by atoms with Gasteiger partial charge >= 0.3 is 17.5 Å². The summed E-state index contributed by atoms with van der Waals surface area (Å²) in [5.74, 6) is -1.36. The Bertz CT molecular complexity index is 567. The molecule has 11 heteroatoms. The number of alkyl halides is 3. The highest BCUT2D eigenvalue weighted by Gasteiger charge is 2.35. The number of ether oxygens (including phenoxy) is 1. The summed E-state index contributed by atoms with van der Waals surface area (Å²) in [7, 11) is 0. The van der Waals surface area contributed by atoms with Crippen molar-refractivity contribution in [3.8, 4) is 5.75 Å². The number of aromatic amines is 1. The molecule has 1 N–H and O–H groups in total. The maximum Gasteiger partial charge on any atom is 0.573 e. The van der Waals surface area contributed by atoms with Gasteiger partial charge < -0.3 is 9.72 Å². The van der Waals surface area contributed by atoms with E-state index >= 15 is 0 Å². The van der Waals surface area contributed by atoms with Gasteiger partial charge in [-0.05, 0) is 11.6 Å². The van der Waals surface area contributed by atoms with Gasteiger partial charge in [-0.15, -0.1) is 13.2 Å². The van der Waals surface area contributed by atoms with Gasteiger partial charge in [-0.1, -0.05) is 0 Å². The number of H-pyrrole nitrogens is 1. The number of carbonyl (C=O) groups is 1. The highest BCUT2D eigenvalue weighted by Crippen LogP contribution is 2.22. The van der Waals surface area contributed by atoms with Crippen molar-refractivity contribution in [1.82, 2.24) is 4.98 Å². The molecule has 0 spiro atoms. The average Bonchev–Trinajstić information content (AvgIpc) is 2.17. The predicted octanol–water partition coefficient (Wildman–Crippen LogP) is 1.56. The molecule has 1 aromatic heterocycles. The van der Waals surface area contributed by atoms with Gasteiger partial charge in [0.05, 0.1) is 4.92 Å². The maximum absolute atomic E-state index is 11.9. The standard InChI is InChI=1S/C7H2ClF3N2O5/c8-6(15)3-4(13(16)17)5(14)2(1-12-3)18-7(9,10)11/h1H,(H,12,14). The van der Waals surface area contributed by atoms with Crippen molar-refractivity contribution in [1.29, 1.82) is 0 Å². The van der Waals surface area contributed by atoms with E-state index in [9.17, 15) is 32.9 Å². The molecule has 0 aliphatic rings. The Balaban J connectivity index is 3.45. The van der Waals surface area contributed by atoms with E-state index in [0.717, 1.165) is 0 Å². The van der Waals surface area contributed by atoms with Crippen molar-refractivity contribution in [3.63, 3.8) is 0 Å². The fourth-order valence-corrected chi connectivity index (χ4v) is 1.17. The largest absolute Gasteiger partial charge is 0.573 e. The Morgan fingerprint density at radius 3 is 2.44 bits per heavy atom. The number of halogens is 4. The molecular formula is C7H2ClF3N2O5. The summed E-state index contributed by atoms with van der Waals surface area (Å²) >= 11 is 4.93. The molecule has 0 atom stereocenters. The second-order valence-electron chi connectivity index (χ2n) is 2.78. The molecule has 0 unspecified atom stereocenters. The SMILES string of the molecule is O=C(Cl)c1[nH]cc(OC(F)(F)F)c(=O)c1[N+](=O)[O-]. The molecule has 0 aromatic carbocycles. The number of aromatic nitrogens is 1. The van der Waals surface area contributed by atoms with Crippen LogP contribution >= 0.6 is 11.6 Å². The highest BCUT2D eigenvalue weighted by atomic mass is 35.5. The number of hydrogen-bond donors (Lipinski definition) is 1. The molecule has 98 valence electrons. The molecule has 0 fully saturated rings. The fraction of sp³-hybridized carbons (Fsp3) is 0.143. The van der Waals surface area contributed by atoms with Crippen molar-refractivity contribution in [2.45, 2.75) is 6.36 Å². The number of nitrogens with zero attached hydrogens (tertiary/aromatic N) is 1. The summed E-state index contributed by atoms with van der Waals surface area (Å²) < 4.78 is 38.9. The Labute approximate surface area is 100 Å². The molecule has 0 saturated carbocycles. The Morgan fingerprint density at radius 2 is 2.06 bits per heavy atom. The number of rotatable bonds is 3. The third kappa shape index (κ3) is 2.97. The maximum atomic E-state index is 11.9. The van der Waals surface area contributed by atoms with Crippen LogP contribution in [0.25, 0.3) is 0 Å². The Morgan fingerprint density at radius 1 is 1.50 bits per heavy atom. The lowest BCUT2D eigenvalue weighted by molar-refractivity contribution is -0.386. The minimum Gasteiger partial charge on any atom is -0.400 e. The lowest BCUT2D eigenvalue weighted by Gasteiger charge is -2.08. The zero-order valence-electron chi connectivity index (χ0n) is 8.08. The third-order valence-electron chi connectivity index (χ3n) is 1.63. The smallest absolute Gasteiger partial charge is 0.400 e. The molecule has 0 amide bonds. The van der Waals surface area contributed by atoms with Crippen LogP contribution in [0.2, 0.25) is 0 Å². The first kappa shape index (κ1) is 14.0. The van der Waals surface area contributed by atoms with Crippen LogP contribution < -0.4 is 10.2 Å². The van der Waals surface area contributed by atoms with Crippen LogP contribution in [0.15, 0.2) is 11.0 Å². The van der Waals surface area contributed by atoms with Crippen molar-refractivity contribution in [2.75, 3.05) is 0 Å². The highest BCUT2D eigenvalue weighted by molar-refractivity contribution is 6.67. The lowest BCUT2D eigenvalue weighted by atomic mass is 10.3. The second kappa shape index (κ2) is 4.64. The van der Waals surface area contributed by atoms with Gasteiger partial charge in [0.15, 0.2) is 11.4 Å². The molecule has 0 saturated heterocycles. The molecule has 1 rings (SSSR count). The van der Waals surface area contributed by atoms with E-state index in [0.29, 0.717) is 6.20 Å². The molecule has 0 aliphatic heterocycles. The lowest BCUT2D eigenvalue weighted by Crippen LogP contribution is -2.24. The summed E-state index contributed by atoms with van der Waals surface area (Å²) in [6, 6.07) is 0. The average molecular weight is 287 g/mol. The van der Waals surface area contributed by atoms with E-state index in [2.05, 4.69) is 4.74 Å². The van der Waals surface area contributed by atoms with E-state index in [1.54, 1.807) is 4.98 Å². The van der Waals surface area contributed by atoms with Crippen LogP contribution in [0, 0.1) is 10.1 Å². The Hall–Kier alpha value is -2.10. The normalized spacial score (nSPS) is 11.1. The molecule has 0 aliphatic carbocycles. The quantitative estimate of drug-likeness (QED) is 0.516. The predicted molar refractivity (Wildman–Crippen MR) is 50.6 cm³/mol. The van der Waals surface area contributed by atoms with E-state index in [1.807, 2.05) is 0 Å². The monoisotopic (exact) mass is 286 g/mol. The zero-order valence-corrected chi connectivity index (χ0v) is 8.83. The number of pyridine rings is 1. The van der Waals surface area contributed by atoms with Crippen molar-refractivity contribution in [3.05, 3.63) is 32.2 Å². The molecule has 7 nitrogen and oxygen atoms in total. The summed E-state index contributed by atoms with van der Waals surface area (Å²) in [6.45, 7) is 0. The molecule has 1 heterocycles. The fourth-order valence-electron chi connectivity index (χ4n) is 1.03. The van der Waals surface area contributed by atoms with Crippen molar-refractivity contribution < 1.29 is 27.6 Å². The minimum atomic E-state index is -5.20. The third-order valence-corrected chi connectivity index (χ3v) is 1.82. The summed E-state index contributed by atoms with van der Waals surface area (Å²) in [5, 5.41) is 9.11. The molecule has 18 heavy (non-hydrogen) atoms. The van der Waals surface area contributed by atoms with Gasteiger partial charge in [-0.3, -0.25) is 19.7 Å². The zero-order chi connectivity index (χ0) is 14.1. The van der Waals surface area contributed by atoms with Gasteiger partial charge in [-0.25, -0.2) is 0 Å². The van der Waals surface area contributed by atoms with Crippen molar-refractivity contribution >= 4 is 22.5 Å². The molecule has 0 bridgehead atoms. The van der Waals surface area contributed by atoms with Crippen LogP contribution in [0.1, 0.15) is 10.5 Å². The summed E-state index contributed by atoms with van der Waals surface area (Å²) in [6.07, 6.45) is -4.84. The van der Waals surface area contributed by atoms with Crippen LogP contribution in [0.3, 0.4) is 0 Å². The van der Waals surface area contributed by atoms with Gasteiger partial charge in [0.1, 0.15) is 0 Å². The second-order valence-corrected chi connectivity index (χ2v) is 3.13. The van der Waals surface area contributed by atoms with Gasteiger partial charge in [0, 0.05) is 6.20 Å². The minimum absolute atomic E-state index is 0.360. The molecule has 1 aromatic rings. The Kier molecular flexibility index (Phi) is 3.60. The van der Waals surface area contributed by atoms with Crippen LogP contribution in [0.4, 0.5) is 18.9 Å². The van der Waals surface area contributed by atoms with E-state index < -0.39 is 39.1 Å². The first-order valence-electron chi connectivity index (χ1n) is 3.99. The van der Waals surface area contributed by atoms with Gasteiger partial charge in [0.2, 0.25) is 0 Å². The number of carbonyl (C=O) groups excluding carboxylic acids is 1. The summed E-state index contributed by atoms with van der Waals surface area (Å²) in [4.78, 5) is 33.0. The van der Waals surface area contributed by atoms with Crippen LogP contribution in [0.5, 0.6) is 5.75 Å². The number of nitrogens with one attached hydrogen (secondary N) is 1. The van der Waals surface area contributed by atoms with Gasteiger partial charge in [-0.2, -0.15) is 0 Å².